The molecule has 2 heterocycles. The van der Waals surface area contributed by atoms with E-state index in [1.807, 2.05) is 6.07 Å². The Hall–Kier alpha value is -5.03. The lowest BCUT2D eigenvalue weighted by Crippen LogP contribution is -2.30. The molecule has 16 heteroatoms. The number of hydrazone groups is 1. The van der Waals surface area contributed by atoms with Crippen molar-refractivity contribution in [2.45, 2.75) is 36.0 Å². The summed E-state index contributed by atoms with van der Waals surface area (Å²) in [6.07, 6.45) is 0.180. The number of aromatic amines is 1. The molecule has 210 valence electrons. The summed E-state index contributed by atoms with van der Waals surface area (Å²) >= 11 is 0. The molecule has 0 fully saturated rings. The Morgan fingerprint density at radius 3 is 2.22 bits per heavy atom. The molecule has 41 heavy (non-hydrogen) atoms. The van der Waals surface area contributed by atoms with Crippen molar-refractivity contribution in [3.63, 3.8) is 0 Å². The van der Waals surface area contributed by atoms with E-state index in [1.165, 1.54) is 36.4 Å². The van der Waals surface area contributed by atoms with Crippen molar-refractivity contribution in [1.29, 1.82) is 10.5 Å². The molecule has 3 aromatic rings. The van der Waals surface area contributed by atoms with Gasteiger partial charge in [0.05, 0.1) is 21.7 Å². The summed E-state index contributed by atoms with van der Waals surface area (Å²) in [4.78, 5) is 26.0. The van der Waals surface area contributed by atoms with Crippen LogP contribution >= 0.6 is 0 Å². The van der Waals surface area contributed by atoms with Crippen LogP contribution in [0.25, 0.3) is 0 Å². The number of nitrogens with zero attached hydrogens (tertiary/aromatic N) is 5. The Bertz CT molecular complexity index is 1940. The maximum atomic E-state index is 13.3. The lowest BCUT2D eigenvalue weighted by Gasteiger charge is -2.13. The fourth-order valence-electron chi connectivity index (χ4n) is 4.04. The highest BCUT2D eigenvalue weighted by molar-refractivity contribution is 7.87. The Kier molecular flexibility index (Phi) is 7.93. The van der Waals surface area contributed by atoms with Crippen molar-refractivity contribution in [1.82, 2.24) is 9.94 Å². The number of hydrogen-bond acceptors (Lipinski definition) is 10. The topological polar surface area (TPSA) is 216 Å². The van der Waals surface area contributed by atoms with E-state index < -0.39 is 36.6 Å². The van der Waals surface area contributed by atoms with Gasteiger partial charge < -0.3 is 0 Å². The van der Waals surface area contributed by atoms with Gasteiger partial charge in [-0.25, -0.2) is 0 Å². The molecule has 0 aliphatic carbocycles. The summed E-state index contributed by atoms with van der Waals surface area (Å²) in [5, 5.41) is 26.4. The van der Waals surface area contributed by atoms with Crippen LogP contribution in [0.4, 0.5) is 5.69 Å². The van der Waals surface area contributed by atoms with Crippen molar-refractivity contribution >= 4 is 37.5 Å². The first-order valence-electron chi connectivity index (χ1n) is 11.8. The number of amides is 1. The van der Waals surface area contributed by atoms with Gasteiger partial charge >= 0.3 is 15.7 Å². The third-order valence-electron chi connectivity index (χ3n) is 6.06. The van der Waals surface area contributed by atoms with Crippen LogP contribution in [-0.2, 0) is 31.5 Å². The standard InChI is InChI=1S/C25H20N6O8S2/c1-2-16(23-22(15-27)28-30(25(23)33)17-9-11-18(12-10-17)40(34,35)36)8-13-20-21(14-26)29-31(24(20)32)39-41(37,38)19-6-4-3-5-7-19/h3-7,9-12,29H,2,8,13H2,1H3,(H,34,35,36)/b23-16-. The minimum Gasteiger partial charge on any atom is -0.282 e. The first-order valence-corrected chi connectivity index (χ1v) is 14.6. The second-order valence-electron chi connectivity index (χ2n) is 8.50. The van der Waals surface area contributed by atoms with Crippen LogP contribution in [0.15, 0.2) is 85.4 Å². The summed E-state index contributed by atoms with van der Waals surface area (Å²) < 4.78 is 61.8. The lowest BCUT2D eigenvalue weighted by atomic mass is 9.95. The number of nitrogens with one attached hydrogen (secondary N) is 1. The van der Waals surface area contributed by atoms with Crippen LogP contribution in [0, 0.1) is 22.7 Å². The van der Waals surface area contributed by atoms with Gasteiger partial charge in [0.15, 0.2) is 5.71 Å². The molecular weight excluding hydrogens is 576 g/mol. The van der Waals surface area contributed by atoms with Gasteiger partial charge in [-0.3, -0.25) is 23.5 Å². The number of benzene rings is 2. The molecule has 0 radical (unpaired) electrons. The molecule has 1 aliphatic heterocycles. The number of aromatic nitrogens is 2. The molecule has 0 saturated heterocycles. The Morgan fingerprint density at radius 1 is 1.00 bits per heavy atom. The number of carbonyl (C=O) groups excluding carboxylic acids is 1. The van der Waals surface area contributed by atoms with Gasteiger partial charge in [-0.05, 0) is 55.7 Å². The van der Waals surface area contributed by atoms with Crippen LogP contribution in [-0.4, -0.2) is 43.0 Å². The van der Waals surface area contributed by atoms with Gasteiger partial charge in [0, 0.05) is 0 Å². The fraction of sp³-hybridized carbons (Fsp3) is 0.160. The van der Waals surface area contributed by atoms with E-state index in [2.05, 4.69) is 10.2 Å². The lowest BCUT2D eigenvalue weighted by molar-refractivity contribution is -0.114. The third-order valence-corrected chi connectivity index (χ3v) is 8.12. The highest BCUT2D eigenvalue weighted by atomic mass is 32.2. The monoisotopic (exact) mass is 596 g/mol. The number of rotatable bonds is 9. The minimum atomic E-state index is -4.46. The van der Waals surface area contributed by atoms with Gasteiger partial charge in [0.2, 0.25) is 0 Å². The summed E-state index contributed by atoms with van der Waals surface area (Å²) in [6.45, 7) is 1.71. The fourth-order valence-corrected chi connectivity index (χ4v) is 5.40. The van der Waals surface area contributed by atoms with Gasteiger partial charge in [-0.1, -0.05) is 35.5 Å². The van der Waals surface area contributed by atoms with Crippen molar-refractivity contribution in [3.05, 3.63) is 87.4 Å². The average molecular weight is 597 g/mol. The zero-order valence-corrected chi connectivity index (χ0v) is 22.8. The van der Waals surface area contributed by atoms with E-state index in [4.69, 9.17) is 4.28 Å². The molecule has 2 aromatic carbocycles. The molecule has 1 aromatic heterocycles. The van der Waals surface area contributed by atoms with Crippen LogP contribution in [0.3, 0.4) is 0 Å². The summed E-state index contributed by atoms with van der Waals surface area (Å²) in [5.74, 6) is -0.678. The highest BCUT2D eigenvalue weighted by Gasteiger charge is 2.34. The number of carbonyl (C=O) groups is 1. The number of nitriles is 2. The molecule has 0 saturated carbocycles. The summed E-state index contributed by atoms with van der Waals surface area (Å²) in [6, 6.07) is 15.3. The van der Waals surface area contributed by atoms with E-state index in [-0.39, 0.29) is 52.4 Å². The molecule has 4 rings (SSSR count). The van der Waals surface area contributed by atoms with E-state index in [0.717, 1.165) is 17.1 Å². The average Bonchev–Trinajstić information content (AvgIpc) is 3.44. The maximum absolute atomic E-state index is 13.3. The Balaban J connectivity index is 1.62. The van der Waals surface area contributed by atoms with Crippen LogP contribution in [0.5, 0.6) is 0 Å². The molecule has 1 amide bonds. The van der Waals surface area contributed by atoms with Gasteiger partial charge in [0.25, 0.3) is 16.0 Å². The quantitative estimate of drug-likeness (QED) is 0.269. The molecule has 0 unspecified atom stereocenters. The Labute approximate surface area is 233 Å². The second-order valence-corrected chi connectivity index (χ2v) is 11.4. The molecule has 0 spiro atoms. The maximum Gasteiger partial charge on any atom is 0.358 e. The first kappa shape index (κ1) is 29.0. The molecule has 2 N–H and O–H groups in total. The highest BCUT2D eigenvalue weighted by Crippen LogP contribution is 2.29. The molecule has 14 nitrogen and oxygen atoms in total. The van der Waals surface area contributed by atoms with E-state index >= 15 is 0 Å². The van der Waals surface area contributed by atoms with Crippen molar-refractivity contribution < 1.29 is 30.5 Å². The zero-order chi connectivity index (χ0) is 29.9. The van der Waals surface area contributed by atoms with Crippen molar-refractivity contribution in [2.75, 3.05) is 5.01 Å². The van der Waals surface area contributed by atoms with Gasteiger partial charge in [-0.15, -0.1) is 0 Å². The van der Waals surface area contributed by atoms with Gasteiger partial charge in [0.1, 0.15) is 22.7 Å². The number of hydrogen-bond donors (Lipinski definition) is 2. The normalized spacial score (nSPS) is 14.8. The molecule has 0 bridgehead atoms. The minimum absolute atomic E-state index is 0.0221. The smallest absolute Gasteiger partial charge is 0.282 e. The van der Waals surface area contributed by atoms with E-state index in [1.54, 1.807) is 19.1 Å². The number of anilines is 1. The van der Waals surface area contributed by atoms with E-state index in [0.29, 0.717) is 10.4 Å². The molecule has 0 atom stereocenters. The summed E-state index contributed by atoms with van der Waals surface area (Å²) in [5.41, 5.74) is -0.930. The number of allylic oxidation sites excluding steroid dienone is 1. The number of H-pyrrole nitrogens is 1. The summed E-state index contributed by atoms with van der Waals surface area (Å²) in [7, 11) is -8.86. The predicted molar refractivity (Wildman–Crippen MR) is 142 cm³/mol. The van der Waals surface area contributed by atoms with Crippen LogP contribution < -0.4 is 14.9 Å². The zero-order valence-electron chi connectivity index (χ0n) is 21.2. The van der Waals surface area contributed by atoms with Crippen molar-refractivity contribution in [3.8, 4) is 12.1 Å². The SMILES string of the molecule is CC/C(CCc1c(C#N)[nH]n(OS(=O)(=O)c2ccccc2)c1=O)=C1/C(=O)N(c2ccc(S(=O)(=O)O)cc2)N=C1C#N. The molecular formula is C25H20N6O8S2. The van der Waals surface area contributed by atoms with Gasteiger partial charge in [-0.2, -0.15) is 37.5 Å². The third kappa shape index (κ3) is 5.80. The Morgan fingerprint density at radius 2 is 1.66 bits per heavy atom. The van der Waals surface area contributed by atoms with Crippen LogP contribution in [0.1, 0.15) is 31.0 Å². The second kappa shape index (κ2) is 11.2. The van der Waals surface area contributed by atoms with Crippen molar-refractivity contribution in [2.24, 2.45) is 5.10 Å². The predicted octanol–water partition coefficient (Wildman–Crippen LogP) is 1.68. The first-order chi connectivity index (χ1) is 19.4. The largest absolute Gasteiger partial charge is 0.358 e. The molecule has 1 aliphatic rings. The van der Waals surface area contributed by atoms with E-state index in [9.17, 15) is 41.5 Å². The van der Waals surface area contributed by atoms with Crippen LogP contribution in [0.2, 0.25) is 0 Å².